The predicted molar refractivity (Wildman–Crippen MR) is 93.5 cm³/mol. The molecule has 0 amide bonds. The second kappa shape index (κ2) is 7.89. The molecule has 0 aliphatic heterocycles. The first-order valence-corrected chi connectivity index (χ1v) is 11.8. The molecule has 0 aliphatic carbocycles. The van der Waals surface area contributed by atoms with Crippen molar-refractivity contribution in [1.82, 2.24) is 5.16 Å². The van der Waals surface area contributed by atoms with Crippen LogP contribution in [-0.4, -0.2) is 51.4 Å². The average Bonchev–Trinajstić information content (AvgIpc) is 2.97. The molecule has 0 unspecified atom stereocenters. The number of halogens is 3. The minimum atomic E-state index is -4.74. The third-order valence-electron chi connectivity index (χ3n) is 3.24. The molecule has 0 fully saturated rings. The summed E-state index contributed by atoms with van der Waals surface area (Å²) < 4.78 is 77.1. The minimum absolute atomic E-state index is 0.212. The lowest BCUT2D eigenvalue weighted by Gasteiger charge is -2.26. The summed E-state index contributed by atoms with van der Waals surface area (Å²) in [6.07, 6.45) is 7.29. The predicted octanol–water partition coefficient (Wildman–Crippen LogP) is 2.96. The van der Waals surface area contributed by atoms with Crippen LogP contribution in [0.25, 0.3) is 0 Å². The van der Waals surface area contributed by atoms with Crippen molar-refractivity contribution >= 4 is 25.9 Å². The van der Waals surface area contributed by atoms with Crippen molar-refractivity contribution in [1.29, 1.82) is 0 Å². The van der Waals surface area contributed by atoms with E-state index in [1.807, 2.05) is 0 Å². The molecule has 0 bridgehead atoms. The fourth-order valence-electron chi connectivity index (χ4n) is 1.94. The highest BCUT2D eigenvalue weighted by Crippen LogP contribution is 2.33. The minimum Gasteiger partial charge on any atom is -0.363 e. The van der Waals surface area contributed by atoms with Crippen molar-refractivity contribution in [2.45, 2.75) is 4.90 Å². The summed E-state index contributed by atoms with van der Waals surface area (Å²) >= 11 is 0. The number of anilines is 1. The van der Waals surface area contributed by atoms with Gasteiger partial charge in [0, 0.05) is 24.0 Å². The van der Waals surface area contributed by atoms with Crippen molar-refractivity contribution in [2.75, 3.05) is 42.2 Å². The lowest BCUT2D eigenvalue weighted by Crippen LogP contribution is -2.35. The molecule has 1 aromatic carbocycles. The van der Waals surface area contributed by atoms with Crippen LogP contribution in [0, 0.1) is 17.5 Å². The van der Waals surface area contributed by atoms with Gasteiger partial charge >= 0.3 is 0 Å². The molecule has 1 heterocycles. The van der Waals surface area contributed by atoms with Crippen LogP contribution >= 0.6 is 10.0 Å². The van der Waals surface area contributed by atoms with Crippen molar-refractivity contribution in [2.24, 2.45) is 0 Å². The summed E-state index contributed by atoms with van der Waals surface area (Å²) in [6, 6.07) is 1.79. The first kappa shape index (κ1) is 20.6. The third kappa shape index (κ3) is 4.92. The monoisotopic (exact) mass is 412 g/mol. The van der Waals surface area contributed by atoms with E-state index in [9.17, 15) is 21.6 Å². The van der Waals surface area contributed by atoms with Crippen LogP contribution in [0.1, 0.15) is 0 Å². The molecule has 6 nitrogen and oxygen atoms in total. The first-order chi connectivity index (χ1) is 12.0. The van der Waals surface area contributed by atoms with Gasteiger partial charge in [-0.25, -0.2) is 35.9 Å². The number of benzene rings is 1. The largest absolute Gasteiger partial charge is 0.363 e. The van der Waals surface area contributed by atoms with Crippen molar-refractivity contribution < 1.29 is 30.8 Å². The van der Waals surface area contributed by atoms with Crippen LogP contribution < -0.4 is 4.31 Å². The number of sulfonamides is 1. The summed E-state index contributed by atoms with van der Waals surface area (Å²) in [7, 11) is -5.61. The van der Waals surface area contributed by atoms with E-state index in [1.54, 1.807) is 0 Å². The van der Waals surface area contributed by atoms with E-state index in [4.69, 9.17) is 4.74 Å². The first-order valence-electron chi connectivity index (χ1n) is 7.34. The zero-order chi connectivity index (χ0) is 19.5. The highest BCUT2D eigenvalue weighted by Gasteiger charge is 2.33. The Morgan fingerprint density at radius 1 is 1.15 bits per heavy atom. The molecule has 0 atom stereocenters. The molecule has 0 saturated carbocycles. The number of nitrogens with zero attached hydrogens (tertiary/aromatic N) is 2. The Hall–Kier alpha value is -1.72. The van der Waals surface area contributed by atoms with Crippen LogP contribution in [0.4, 0.5) is 19.0 Å². The molecule has 0 spiro atoms. The van der Waals surface area contributed by atoms with E-state index in [0.717, 1.165) is 6.26 Å². The Morgan fingerprint density at radius 2 is 1.77 bits per heavy atom. The standard InChI is InChI=1S/C15H19F3N2O4S2/c1-25(2,3)7-6-23-10-20(14-4-5-24-19-14)26(21,22)15-12(17)8-11(16)9-13(15)18/h4-5,8-9H,6-7,10H2,1-3H3. The molecule has 2 aromatic rings. The van der Waals surface area contributed by atoms with Gasteiger partial charge in [-0.2, -0.15) is 0 Å². The Kier molecular flexibility index (Phi) is 6.25. The summed E-state index contributed by atoms with van der Waals surface area (Å²) in [5, 5.41) is 3.49. The fraction of sp³-hybridized carbons (Fsp3) is 0.400. The average molecular weight is 412 g/mol. The Labute approximate surface area is 151 Å². The zero-order valence-corrected chi connectivity index (χ0v) is 16.0. The molecule has 146 valence electrons. The van der Waals surface area contributed by atoms with Crippen LogP contribution in [0.15, 0.2) is 33.9 Å². The second-order valence-corrected chi connectivity index (χ2v) is 12.6. The van der Waals surface area contributed by atoms with Crippen molar-refractivity contribution in [3.05, 3.63) is 41.9 Å². The van der Waals surface area contributed by atoms with Crippen molar-refractivity contribution in [3.8, 4) is 0 Å². The third-order valence-corrected chi connectivity index (χ3v) is 6.41. The van der Waals surface area contributed by atoms with Gasteiger partial charge in [-0.05, 0) is 18.8 Å². The molecule has 11 heteroatoms. The molecular formula is C15H19F3N2O4S2. The van der Waals surface area contributed by atoms with Gasteiger partial charge in [0.15, 0.2) is 10.7 Å². The fourth-order valence-corrected chi connectivity index (χ4v) is 3.94. The molecule has 1 aromatic heterocycles. The molecule has 26 heavy (non-hydrogen) atoms. The van der Waals surface area contributed by atoms with E-state index in [-0.39, 0.29) is 12.4 Å². The smallest absolute Gasteiger partial charge is 0.273 e. The molecule has 0 N–H and O–H groups in total. The normalized spacial score (nSPS) is 13.0. The van der Waals surface area contributed by atoms with Gasteiger partial charge in [-0.1, -0.05) is 5.16 Å². The maximum atomic E-state index is 14.0. The van der Waals surface area contributed by atoms with Crippen LogP contribution in [0.5, 0.6) is 0 Å². The Bertz CT molecular complexity index is 829. The van der Waals surface area contributed by atoms with E-state index in [2.05, 4.69) is 28.4 Å². The van der Waals surface area contributed by atoms with Crippen LogP contribution in [0.2, 0.25) is 0 Å². The summed E-state index contributed by atoms with van der Waals surface area (Å²) in [5.41, 5.74) is 0. The summed E-state index contributed by atoms with van der Waals surface area (Å²) in [4.78, 5) is -1.29. The van der Waals surface area contributed by atoms with E-state index in [1.165, 1.54) is 6.07 Å². The highest BCUT2D eigenvalue weighted by atomic mass is 32.3. The van der Waals surface area contributed by atoms with Gasteiger partial charge in [0.2, 0.25) is 0 Å². The van der Waals surface area contributed by atoms with Crippen molar-refractivity contribution in [3.63, 3.8) is 0 Å². The Balaban J connectivity index is 2.33. The second-order valence-electron chi connectivity index (χ2n) is 6.24. The maximum Gasteiger partial charge on any atom is 0.273 e. The molecular weight excluding hydrogens is 393 g/mol. The highest BCUT2D eigenvalue weighted by molar-refractivity contribution is 8.32. The molecule has 0 aliphatic rings. The molecule has 2 rings (SSSR count). The van der Waals surface area contributed by atoms with E-state index in [0.29, 0.717) is 22.2 Å². The summed E-state index contributed by atoms with van der Waals surface area (Å²) in [6.45, 7) is -0.280. The number of ether oxygens (including phenoxy) is 1. The van der Waals surface area contributed by atoms with E-state index >= 15 is 0 Å². The SMILES string of the molecule is CS(C)(C)CCOCN(c1ccon1)S(=O)(=O)c1c(F)cc(F)cc1F. The lowest BCUT2D eigenvalue weighted by molar-refractivity contribution is 0.158. The maximum absolute atomic E-state index is 14.0. The van der Waals surface area contributed by atoms with Gasteiger partial charge in [0.25, 0.3) is 10.0 Å². The zero-order valence-electron chi connectivity index (χ0n) is 14.4. The van der Waals surface area contributed by atoms with Gasteiger partial charge in [0.05, 0.1) is 6.61 Å². The summed E-state index contributed by atoms with van der Waals surface area (Å²) in [5.74, 6) is -3.82. The number of aromatic nitrogens is 1. The van der Waals surface area contributed by atoms with Crippen LogP contribution in [0.3, 0.4) is 0 Å². The quantitative estimate of drug-likeness (QED) is 0.492. The number of hydrogen-bond acceptors (Lipinski definition) is 5. The van der Waals surface area contributed by atoms with Gasteiger partial charge < -0.3 is 9.26 Å². The van der Waals surface area contributed by atoms with Crippen LogP contribution in [-0.2, 0) is 14.8 Å². The Morgan fingerprint density at radius 3 is 2.27 bits per heavy atom. The van der Waals surface area contributed by atoms with Gasteiger partial charge in [0.1, 0.15) is 30.4 Å². The topological polar surface area (TPSA) is 72.6 Å². The van der Waals surface area contributed by atoms with E-state index < -0.39 is 49.1 Å². The van der Waals surface area contributed by atoms with Gasteiger partial charge in [-0.3, -0.25) is 0 Å². The number of rotatable bonds is 8. The molecule has 0 saturated heterocycles. The van der Waals surface area contributed by atoms with Gasteiger partial charge in [-0.15, -0.1) is 0 Å². The molecule has 0 radical (unpaired) electrons. The number of hydrogen-bond donors (Lipinski definition) is 0. The lowest BCUT2D eigenvalue weighted by atomic mass is 10.3.